The van der Waals surface area contributed by atoms with E-state index in [1.807, 2.05) is 42.5 Å². The average molecular weight is 454 g/mol. The molecule has 1 heterocycles. The first-order chi connectivity index (χ1) is 15.9. The fraction of sp³-hybridized carbons (Fsp3) is 0.440. The third kappa shape index (κ3) is 6.54. The van der Waals surface area contributed by atoms with Crippen molar-refractivity contribution in [1.29, 1.82) is 0 Å². The number of likely N-dealkylation sites (N-methyl/N-ethyl adjacent to an activating group) is 1. The van der Waals surface area contributed by atoms with E-state index in [9.17, 15) is 19.2 Å². The summed E-state index contributed by atoms with van der Waals surface area (Å²) in [6, 6.07) is 13.6. The summed E-state index contributed by atoms with van der Waals surface area (Å²) in [4.78, 5) is 52.4. The lowest BCUT2D eigenvalue weighted by Crippen LogP contribution is -2.48. The Morgan fingerprint density at radius 3 is 2.67 bits per heavy atom. The molecule has 0 spiro atoms. The molecule has 8 nitrogen and oxygen atoms in total. The summed E-state index contributed by atoms with van der Waals surface area (Å²) < 4.78 is 5.07. The second-order valence-electron chi connectivity index (χ2n) is 8.27. The highest BCUT2D eigenvalue weighted by atomic mass is 16.5. The highest BCUT2D eigenvalue weighted by Crippen LogP contribution is 2.19. The van der Waals surface area contributed by atoms with Crippen LogP contribution in [0.5, 0.6) is 0 Å². The molecule has 8 heteroatoms. The van der Waals surface area contributed by atoms with Gasteiger partial charge in [0, 0.05) is 20.1 Å². The maximum absolute atomic E-state index is 12.6. The first-order valence-corrected chi connectivity index (χ1v) is 11.3. The Kier molecular flexibility index (Phi) is 8.40. The molecular formula is C25H31N3O5. The van der Waals surface area contributed by atoms with Crippen LogP contribution in [0.2, 0.25) is 0 Å². The van der Waals surface area contributed by atoms with Crippen LogP contribution in [0.1, 0.15) is 25.3 Å². The summed E-state index contributed by atoms with van der Waals surface area (Å²) in [5.74, 6) is -1.44. The first-order valence-electron chi connectivity index (χ1n) is 11.3. The minimum Gasteiger partial charge on any atom is -0.466 e. The number of esters is 1. The zero-order chi connectivity index (χ0) is 23.8. The van der Waals surface area contributed by atoms with Gasteiger partial charge in [-0.05, 0) is 36.1 Å². The van der Waals surface area contributed by atoms with Gasteiger partial charge in [-0.1, -0.05) is 42.5 Å². The van der Waals surface area contributed by atoms with Gasteiger partial charge in [-0.15, -0.1) is 0 Å². The van der Waals surface area contributed by atoms with Crippen molar-refractivity contribution in [3.05, 3.63) is 48.0 Å². The Bertz CT molecular complexity index is 1020. The number of nitrogens with zero attached hydrogens (tertiary/aromatic N) is 2. The molecule has 3 rings (SSSR count). The topological polar surface area (TPSA) is 96.0 Å². The number of likely N-dealkylation sites (tertiary alicyclic amines) is 1. The van der Waals surface area contributed by atoms with Crippen molar-refractivity contribution >= 4 is 34.5 Å². The number of piperidine rings is 1. The predicted molar refractivity (Wildman–Crippen MR) is 124 cm³/mol. The summed E-state index contributed by atoms with van der Waals surface area (Å²) in [5, 5.41) is 4.71. The van der Waals surface area contributed by atoms with Crippen molar-refractivity contribution in [2.24, 2.45) is 5.92 Å². The van der Waals surface area contributed by atoms with Crippen LogP contribution in [0.15, 0.2) is 42.5 Å². The van der Waals surface area contributed by atoms with E-state index in [0.29, 0.717) is 26.1 Å². The molecule has 0 bridgehead atoms. The third-order valence-corrected chi connectivity index (χ3v) is 5.86. The molecule has 3 amide bonds. The van der Waals surface area contributed by atoms with Crippen LogP contribution in [-0.2, 0) is 30.3 Å². The van der Waals surface area contributed by atoms with Crippen LogP contribution in [0.25, 0.3) is 10.8 Å². The maximum atomic E-state index is 12.6. The monoisotopic (exact) mass is 453 g/mol. The van der Waals surface area contributed by atoms with Crippen molar-refractivity contribution < 1.29 is 23.9 Å². The van der Waals surface area contributed by atoms with Gasteiger partial charge in [0.05, 0.1) is 32.0 Å². The van der Waals surface area contributed by atoms with E-state index in [2.05, 4.69) is 5.32 Å². The summed E-state index contributed by atoms with van der Waals surface area (Å²) in [6.45, 7) is 2.64. The van der Waals surface area contributed by atoms with E-state index in [1.54, 1.807) is 11.8 Å². The molecule has 1 atom stereocenters. The molecule has 2 aromatic carbocycles. The van der Waals surface area contributed by atoms with Crippen LogP contribution >= 0.6 is 0 Å². The smallest absolute Gasteiger partial charge is 0.310 e. The van der Waals surface area contributed by atoms with Crippen molar-refractivity contribution in [2.75, 3.05) is 39.8 Å². The van der Waals surface area contributed by atoms with E-state index in [1.165, 1.54) is 11.9 Å². The number of rotatable bonds is 8. The molecule has 0 aromatic heterocycles. The molecule has 1 N–H and O–H groups in total. The minimum absolute atomic E-state index is 0.104. The summed E-state index contributed by atoms with van der Waals surface area (Å²) >= 11 is 0. The van der Waals surface area contributed by atoms with Gasteiger partial charge in [-0.25, -0.2) is 0 Å². The quantitative estimate of drug-likeness (QED) is 0.615. The zero-order valence-electron chi connectivity index (χ0n) is 19.2. The number of benzene rings is 2. The molecule has 1 aliphatic heterocycles. The lowest BCUT2D eigenvalue weighted by atomic mass is 9.98. The van der Waals surface area contributed by atoms with Crippen LogP contribution in [0, 0.1) is 5.92 Å². The van der Waals surface area contributed by atoms with Crippen LogP contribution in [0.4, 0.5) is 0 Å². The Hall–Kier alpha value is -3.42. The van der Waals surface area contributed by atoms with Crippen LogP contribution < -0.4 is 5.32 Å². The van der Waals surface area contributed by atoms with Gasteiger partial charge >= 0.3 is 5.97 Å². The number of fused-ring (bicyclic) bond motifs is 1. The lowest BCUT2D eigenvalue weighted by Gasteiger charge is -2.32. The van der Waals surface area contributed by atoms with E-state index in [0.717, 1.165) is 22.8 Å². The average Bonchev–Trinajstić information content (AvgIpc) is 2.83. The number of carbonyl (C=O) groups excluding carboxylic acids is 4. The molecule has 1 aliphatic rings. The fourth-order valence-corrected chi connectivity index (χ4v) is 4.04. The lowest BCUT2D eigenvalue weighted by molar-refractivity contribution is -0.152. The van der Waals surface area contributed by atoms with E-state index < -0.39 is 0 Å². The van der Waals surface area contributed by atoms with Gasteiger partial charge in [-0.3, -0.25) is 19.2 Å². The largest absolute Gasteiger partial charge is 0.466 e. The zero-order valence-corrected chi connectivity index (χ0v) is 19.2. The van der Waals surface area contributed by atoms with Crippen molar-refractivity contribution in [1.82, 2.24) is 15.1 Å². The number of carbonyl (C=O) groups is 4. The Morgan fingerprint density at radius 1 is 1.12 bits per heavy atom. The third-order valence-electron chi connectivity index (χ3n) is 5.86. The molecule has 1 saturated heterocycles. The molecule has 0 radical (unpaired) electrons. The molecule has 0 unspecified atom stereocenters. The van der Waals surface area contributed by atoms with Crippen LogP contribution in [-0.4, -0.2) is 73.3 Å². The van der Waals surface area contributed by atoms with Gasteiger partial charge in [0.15, 0.2) is 0 Å². The van der Waals surface area contributed by atoms with E-state index >= 15 is 0 Å². The summed E-state index contributed by atoms with van der Waals surface area (Å²) in [6.07, 6.45) is 1.58. The minimum atomic E-state index is -0.353. The Labute approximate surface area is 193 Å². The summed E-state index contributed by atoms with van der Waals surface area (Å²) in [5.41, 5.74) is 0.892. The van der Waals surface area contributed by atoms with E-state index in [-0.39, 0.29) is 49.1 Å². The second kappa shape index (κ2) is 11.4. The fourth-order valence-electron chi connectivity index (χ4n) is 4.04. The Balaban J connectivity index is 1.46. The first kappa shape index (κ1) is 24.2. The second-order valence-corrected chi connectivity index (χ2v) is 8.27. The SMILES string of the molecule is CCOC(=O)[C@@H]1CCCN(C(=O)CN(C)C(=O)CNC(=O)Cc2cccc3ccccc23)C1. The van der Waals surface area contributed by atoms with Crippen molar-refractivity contribution in [3.8, 4) is 0 Å². The normalized spacial score (nSPS) is 15.7. The standard InChI is InChI=1S/C25H31N3O5/c1-3-33-25(32)20-11-7-13-28(16-20)24(31)17-27(2)23(30)15-26-22(29)14-19-10-6-9-18-8-4-5-12-21(18)19/h4-6,8-10,12,20H,3,7,11,13-17H2,1-2H3,(H,26,29)/t20-/m1/s1. The number of hydrogen-bond acceptors (Lipinski definition) is 5. The molecule has 33 heavy (non-hydrogen) atoms. The number of ether oxygens (including phenoxy) is 1. The molecule has 2 aromatic rings. The highest BCUT2D eigenvalue weighted by molar-refractivity contribution is 5.92. The Morgan fingerprint density at radius 2 is 1.88 bits per heavy atom. The van der Waals surface area contributed by atoms with Crippen molar-refractivity contribution in [2.45, 2.75) is 26.2 Å². The van der Waals surface area contributed by atoms with Crippen molar-refractivity contribution in [3.63, 3.8) is 0 Å². The van der Waals surface area contributed by atoms with Gasteiger partial charge in [0.1, 0.15) is 0 Å². The van der Waals surface area contributed by atoms with Gasteiger partial charge < -0.3 is 19.9 Å². The van der Waals surface area contributed by atoms with Gasteiger partial charge in [-0.2, -0.15) is 0 Å². The van der Waals surface area contributed by atoms with E-state index in [4.69, 9.17) is 4.74 Å². The molecule has 0 aliphatic carbocycles. The van der Waals surface area contributed by atoms with Gasteiger partial charge in [0.2, 0.25) is 17.7 Å². The number of nitrogens with one attached hydrogen (secondary N) is 1. The highest BCUT2D eigenvalue weighted by Gasteiger charge is 2.30. The molecule has 0 saturated carbocycles. The predicted octanol–water partition coefficient (Wildman–Crippen LogP) is 1.76. The van der Waals surface area contributed by atoms with Crippen LogP contribution in [0.3, 0.4) is 0 Å². The number of hydrogen-bond donors (Lipinski definition) is 1. The van der Waals surface area contributed by atoms with Gasteiger partial charge in [0.25, 0.3) is 0 Å². The molecule has 1 fully saturated rings. The molecule has 176 valence electrons. The molecular weight excluding hydrogens is 422 g/mol. The maximum Gasteiger partial charge on any atom is 0.310 e. The summed E-state index contributed by atoms with van der Waals surface area (Å²) in [7, 11) is 1.53. The number of amides is 3.